The van der Waals surface area contributed by atoms with Crippen LogP contribution in [0.4, 0.5) is 0 Å². The molecule has 0 aliphatic rings. The first-order valence-electron chi connectivity index (χ1n) is 3.85. The van der Waals surface area contributed by atoms with Gasteiger partial charge in [0.15, 0.2) is 0 Å². The van der Waals surface area contributed by atoms with E-state index in [0.717, 1.165) is 19.5 Å². The summed E-state index contributed by atoms with van der Waals surface area (Å²) >= 11 is 0. The summed E-state index contributed by atoms with van der Waals surface area (Å²) in [7, 11) is -0.225. The van der Waals surface area contributed by atoms with Crippen LogP contribution in [0.5, 0.6) is 0 Å². The molecular formula is C7H18N2OS. The van der Waals surface area contributed by atoms with Crippen molar-refractivity contribution in [3.05, 3.63) is 0 Å². The first kappa shape index (κ1) is 10.9. The quantitative estimate of drug-likeness (QED) is 0.682. The average Bonchev–Trinajstić information content (AvgIpc) is 1.85. The minimum absolute atomic E-state index is 0.525. The molecule has 1 atom stereocenters. The van der Waals surface area contributed by atoms with E-state index in [1.807, 2.05) is 7.05 Å². The Morgan fingerprint density at radius 2 is 2.09 bits per heavy atom. The van der Waals surface area contributed by atoms with Crippen LogP contribution in [0.15, 0.2) is 0 Å². The molecule has 4 heteroatoms. The van der Waals surface area contributed by atoms with Gasteiger partial charge in [-0.05, 0) is 26.6 Å². The van der Waals surface area contributed by atoms with Crippen LogP contribution in [0.1, 0.15) is 13.3 Å². The van der Waals surface area contributed by atoms with Crippen molar-refractivity contribution >= 4 is 9.73 Å². The first-order valence-corrected chi connectivity index (χ1v) is 5.99. The molecule has 0 amide bonds. The van der Waals surface area contributed by atoms with Crippen molar-refractivity contribution in [1.82, 2.24) is 4.90 Å². The molecule has 0 saturated carbocycles. The van der Waals surface area contributed by atoms with Crippen LogP contribution in [-0.4, -0.2) is 41.3 Å². The topological polar surface area (TPSA) is 44.2 Å². The molecule has 1 N–H and O–H groups in total. The summed E-state index contributed by atoms with van der Waals surface area (Å²) in [4.78, 5) is 2.16. The number of hydrogen-bond acceptors (Lipinski definition) is 3. The van der Waals surface area contributed by atoms with Gasteiger partial charge in [0.1, 0.15) is 0 Å². The van der Waals surface area contributed by atoms with Gasteiger partial charge >= 0.3 is 0 Å². The Hall–Kier alpha value is -0.0900. The molecule has 0 bridgehead atoms. The highest BCUT2D eigenvalue weighted by Gasteiger charge is 1.98. The summed E-state index contributed by atoms with van der Waals surface area (Å²) in [5.74, 6) is 0.525. The minimum atomic E-state index is -2.25. The summed E-state index contributed by atoms with van der Waals surface area (Å²) in [6.45, 7) is 4.05. The monoisotopic (exact) mass is 178 g/mol. The lowest BCUT2D eigenvalue weighted by Crippen LogP contribution is -2.20. The van der Waals surface area contributed by atoms with E-state index in [9.17, 15) is 4.21 Å². The van der Waals surface area contributed by atoms with E-state index >= 15 is 0 Å². The lowest BCUT2D eigenvalue weighted by atomic mass is 10.4. The molecule has 0 aliphatic carbocycles. The molecule has 0 aromatic carbocycles. The SMILES string of the molecule is CCN(C)CCCS(C)(=N)=O. The molecule has 0 aromatic heterocycles. The number of nitrogens with zero attached hydrogens (tertiary/aromatic N) is 1. The maximum atomic E-state index is 10.9. The lowest BCUT2D eigenvalue weighted by molar-refractivity contribution is 0.354. The molecule has 0 saturated heterocycles. The van der Waals surface area contributed by atoms with E-state index < -0.39 is 9.73 Å². The summed E-state index contributed by atoms with van der Waals surface area (Å²) in [6, 6.07) is 0. The fraction of sp³-hybridized carbons (Fsp3) is 1.00. The third-order valence-electron chi connectivity index (χ3n) is 1.61. The van der Waals surface area contributed by atoms with Gasteiger partial charge in [0, 0.05) is 21.7 Å². The maximum absolute atomic E-state index is 10.9. The van der Waals surface area contributed by atoms with Crippen molar-refractivity contribution < 1.29 is 4.21 Å². The van der Waals surface area contributed by atoms with E-state index in [1.54, 1.807) is 0 Å². The van der Waals surface area contributed by atoms with Gasteiger partial charge < -0.3 is 4.90 Å². The summed E-state index contributed by atoms with van der Waals surface area (Å²) < 4.78 is 18.0. The second-order valence-electron chi connectivity index (χ2n) is 2.96. The van der Waals surface area contributed by atoms with Crippen LogP contribution >= 0.6 is 0 Å². The zero-order chi connectivity index (χ0) is 8.91. The molecule has 11 heavy (non-hydrogen) atoms. The van der Waals surface area contributed by atoms with Gasteiger partial charge in [-0.2, -0.15) is 0 Å². The molecule has 0 radical (unpaired) electrons. The largest absolute Gasteiger partial charge is 0.307 e. The third-order valence-corrected chi connectivity index (χ3v) is 2.68. The average molecular weight is 178 g/mol. The Bertz CT molecular complexity index is 187. The van der Waals surface area contributed by atoms with E-state index in [-0.39, 0.29) is 0 Å². The van der Waals surface area contributed by atoms with Crippen LogP contribution in [-0.2, 0) is 9.73 Å². The zero-order valence-electron chi connectivity index (χ0n) is 7.59. The third kappa shape index (κ3) is 7.81. The second kappa shape index (κ2) is 4.72. The molecule has 0 spiro atoms. The fourth-order valence-corrected chi connectivity index (χ4v) is 1.45. The normalized spacial score (nSPS) is 16.7. The van der Waals surface area contributed by atoms with Gasteiger partial charge in [-0.25, -0.2) is 0 Å². The van der Waals surface area contributed by atoms with E-state index in [0.29, 0.717) is 5.75 Å². The Kier molecular flexibility index (Phi) is 4.68. The van der Waals surface area contributed by atoms with Crippen LogP contribution < -0.4 is 0 Å². The molecule has 0 aromatic rings. The maximum Gasteiger partial charge on any atom is 0.0412 e. The molecule has 0 rings (SSSR count). The molecule has 1 unspecified atom stereocenters. The molecule has 68 valence electrons. The number of rotatable bonds is 5. The van der Waals surface area contributed by atoms with Crippen LogP contribution in [0.2, 0.25) is 0 Å². The van der Waals surface area contributed by atoms with Gasteiger partial charge in [-0.1, -0.05) is 6.92 Å². The first-order chi connectivity index (χ1) is 4.95. The highest BCUT2D eigenvalue weighted by molar-refractivity contribution is 7.91. The Morgan fingerprint density at radius 1 is 1.55 bits per heavy atom. The van der Waals surface area contributed by atoms with Crippen molar-refractivity contribution in [1.29, 1.82) is 4.78 Å². The van der Waals surface area contributed by atoms with Crippen molar-refractivity contribution in [2.45, 2.75) is 13.3 Å². The number of nitrogens with one attached hydrogen (secondary N) is 1. The molecule has 0 aliphatic heterocycles. The fourth-order valence-electron chi connectivity index (χ4n) is 0.768. The van der Waals surface area contributed by atoms with Gasteiger partial charge in [-0.3, -0.25) is 8.99 Å². The lowest BCUT2D eigenvalue weighted by Gasteiger charge is -2.12. The van der Waals surface area contributed by atoms with E-state index in [1.165, 1.54) is 6.26 Å². The second-order valence-corrected chi connectivity index (χ2v) is 5.38. The Morgan fingerprint density at radius 3 is 2.45 bits per heavy atom. The van der Waals surface area contributed by atoms with E-state index in [4.69, 9.17) is 4.78 Å². The Labute approximate surface area is 69.8 Å². The van der Waals surface area contributed by atoms with Crippen LogP contribution in [0.25, 0.3) is 0 Å². The van der Waals surface area contributed by atoms with Crippen molar-refractivity contribution in [3.63, 3.8) is 0 Å². The van der Waals surface area contributed by atoms with Crippen molar-refractivity contribution in [3.8, 4) is 0 Å². The highest BCUT2D eigenvalue weighted by Crippen LogP contribution is 1.92. The van der Waals surface area contributed by atoms with Crippen LogP contribution in [0.3, 0.4) is 0 Å². The van der Waals surface area contributed by atoms with Gasteiger partial charge in [0.2, 0.25) is 0 Å². The predicted molar refractivity (Wildman–Crippen MR) is 49.4 cm³/mol. The van der Waals surface area contributed by atoms with Crippen LogP contribution in [0, 0.1) is 4.78 Å². The van der Waals surface area contributed by atoms with Crippen molar-refractivity contribution in [2.24, 2.45) is 0 Å². The van der Waals surface area contributed by atoms with Gasteiger partial charge in [-0.15, -0.1) is 0 Å². The predicted octanol–water partition coefficient (Wildman–Crippen LogP) is 1.00. The molecule has 0 heterocycles. The summed E-state index contributed by atoms with van der Waals surface area (Å²) in [5, 5.41) is 0. The smallest absolute Gasteiger partial charge is 0.0412 e. The highest BCUT2D eigenvalue weighted by atomic mass is 32.2. The van der Waals surface area contributed by atoms with E-state index in [2.05, 4.69) is 11.8 Å². The Balaban J connectivity index is 3.43. The molecular weight excluding hydrogens is 160 g/mol. The molecule has 3 nitrogen and oxygen atoms in total. The van der Waals surface area contributed by atoms with Crippen molar-refractivity contribution in [2.75, 3.05) is 32.1 Å². The van der Waals surface area contributed by atoms with Gasteiger partial charge in [0.25, 0.3) is 0 Å². The number of hydrogen-bond donors (Lipinski definition) is 1. The summed E-state index contributed by atoms with van der Waals surface area (Å²) in [6.07, 6.45) is 2.36. The molecule has 0 fully saturated rings. The summed E-state index contributed by atoms with van der Waals surface area (Å²) in [5.41, 5.74) is 0. The minimum Gasteiger partial charge on any atom is -0.307 e. The zero-order valence-corrected chi connectivity index (χ0v) is 8.41. The standard InChI is InChI=1S/C7H18N2OS/c1-4-9(2)6-5-7-11(3,8)10/h8H,4-7H2,1-3H3. The van der Waals surface area contributed by atoms with Gasteiger partial charge in [0.05, 0.1) is 0 Å².